The van der Waals surface area contributed by atoms with Gasteiger partial charge in [0.25, 0.3) is 5.91 Å². The number of aromatic nitrogens is 2. The van der Waals surface area contributed by atoms with Crippen LogP contribution in [0.2, 0.25) is 5.02 Å². The van der Waals surface area contributed by atoms with Crippen LogP contribution in [0.1, 0.15) is 15.9 Å². The van der Waals surface area contributed by atoms with Gasteiger partial charge in [-0.2, -0.15) is 0 Å². The van der Waals surface area contributed by atoms with Crippen LogP contribution in [0.3, 0.4) is 0 Å². The molecule has 2 aromatic carbocycles. The Bertz CT molecular complexity index is 1460. The Balaban J connectivity index is 1.85. The second kappa shape index (κ2) is 9.27. The molecule has 0 fully saturated rings. The molecule has 34 heavy (non-hydrogen) atoms. The van der Waals surface area contributed by atoms with Gasteiger partial charge in [-0.3, -0.25) is 14.7 Å². The van der Waals surface area contributed by atoms with Gasteiger partial charge in [-0.05, 0) is 42.5 Å². The van der Waals surface area contributed by atoms with Crippen LogP contribution < -0.4 is 4.90 Å². The second-order valence-electron chi connectivity index (χ2n) is 6.94. The molecule has 7 nitrogen and oxygen atoms in total. The van der Waals surface area contributed by atoms with E-state index in [1.165, 1.54) is 18.2 Å². The fourth-order valence-corrected chi connectivity index (χ4v) is 4.86. The summed E-state index contributed by atoms with van der Waals surface area (Å²) >= 11 is 5.80. The van der Waals surface area contributed by atoms with E-state index in [-0.39, 0.29) is 21.3 Å². The lowest BCUT2D eigenvalue weighted by molar-refractivity contribution is 0.0982. The normalized spacial score (nSPS) is 11.4. The number of anilines is 1. The molecule has 1 amide bonds. The molecule has 0 aliphatic carbocycles. The first-order valence-corrected chi connectivity index (χ1v) is 11.3. The van der Waals surface area contributed by atoms with Crippen LogP contribution in [0.4, 0.5) is 19.0 Å². The van der Waals surface area contributed by atoms with E-state index in [2.05, 4.69) is 10.1 Å². The number of carbonyl (C=O) groups is 1. The Morgan fingerprint density at radius 1 is 1.00 bits per heavy atom. The van der Waals surface area contributed by atoms with Crippen LogP contribution in [0.5, 0.6) is 0 Å². The number of benzene rings is 2. The fraction of sp³-hybridized carbons (Fsp3) is 0.0455. The van der Waals surface area contributed by atoms with Crippen molar-refractivity contribution in [2.45, 2.75) is 16.3 Å². The number of hydrogen-bond acceptors (Lipinski definition) is 6. The second-order valence-corrected chi connectivity index (χ2v) is 9.26. The van der Waals surface area contributed by atoms with Crippen molar-refractivity contribution in [3.05, 3.63) is 101 Å². The van der Waals surface area contributed by atoms with Crippen molar-refractivity contribution in [3.63, 3.8) is 0 Å². The lowest BCUT2D eigenvalue weighted by atomic mass is 10.1. The molecular formula is C22H13ClF3N3O4S. The SMILES string of the molecule is O=C(c1cncc(F)c1)N(Cc1c(F)ccc(F)c1S(=O)(=O)c1ccc(Cl)cc1)c1ccon1. The molecule has 0 aliphatic rings. The fourth-order valence-electron chi connectivity index (χ4n) is 3.19. The van der Waals surface area contributed by atoms with Crippen molar-refractivity contribution in [3.8, 4) is 0 Å². The molecule has 4 rings (SSSR count). The molecule has 0 bridgehead atoms. The number of nitrogens with zero attached hydrogens (tertiary/aromatic N) is 3. The Morgan fingerprint density at radius 3 is 2.35 bits per heavy atom. The summed E-state index contributed by atoms with van der Waals surface area (Å²) in [6.07, 6.45) is 3.05. The summed E-state index contributed by atoms with van der Waals surface area (Å²) in [5.74, 6) is -4.18. The van der Waals surface area contributed by atoms with Crippen molar-refractivity contribution in [2.75, 3.05) is 4.90 Å². The lowest BCUT2D eigenvalue weighted by Gasteiger charge is -2.22. The third-order valence-electron chi connectivity index (χ3n) is 4.76. The van der Waals surface area contributed by atoms with E-state index in [1.807, 2.05) is 0 Å². The topological polar surface area (TPSA) is 93.4 Å². The summed E-state index contributed by atoms with van der Waals surface area (Å²) < 4.78 is 74.7. The number of carbonyl (C=O) groups excluding carboxylic acids is 1. The molecule has 174 valence electrons. The number of sulfone groups is 1. The summed E-state index contributed by atoms with van der Waals surface area (Å²) in [6, 6.07) is 8.39. The third-order valence-corrected chi connectivity index (χ3v) is 6.89. The molecule has 0 aliphatic heterocycles. The highest BCUT2D eigenvalue weighted by atomic mass is 35.5. The van der Waals surface area contributed by atoms with Crippen molar-refractivity contribution in [2.24, 2.45) is 0 Å². The number of hydrogen-bond donors (Lipinski definition) is 0. The minimum Gasteiger partial charge on any atom is -0.363 e. The summed E-state index contributed by atoms with van der Waals surface area (Å²) in [6.45, 7) is -0.770. The summed E-state index contributed by atoms with van der Waals surface area (Å²) in [4.78, 5) is 16.2. The van der Waals surface area contributed by atoms with Crippen molar-refractivity contribution in [1.82, 2.24) is 10.1 Å². The molecule has 4 aromatic rings. The molecule has 0 spiro atoms. The molecule has 0 N–H and O–H groups in total. The van der Waals surface area contributed by atoms with E-state index < -0.39 is 50.2 Å². The summed E-state index contributed by atoms with van der Waals surface area (Å²) in [5, 5.41) is 3.87. The van der Waals surface area contributed by atoms with Crippen LogP contribution in [-0.2, 0) is 16.4 Å². The maximum Gasteiger partial charge on any atom is 0.261 e. The number of halogens is 4. The van der Waals surface area contributed by atoms with E-state index in [0.29, 0.717) is 6.07 Å². The maximum absolute atomic E-state index is 15.0. The average Bonchev–Trinajstić information content (AvgIpc) is 3.34. The quantitative estimate of drug-likeness (QED) is 0.371. The molecule has 2 aromatic heterocycles. The smallest absolute Gasteiger partial charge is 0.261 e. The van der Waals surface area contributed by atoms with Crippen molar-refractivity contribution in [1.29, 1.82) is 0 Å². The Kier molecular flexibility index (Phi) is 6.40. The van der Waals surface area contributed by atoms with Crippen molar-refractivity contribution >= 4 is 33.2 Å². The van der Waals surface area contributed by atoms with Gasteiger partial charge in [0, 0.05) is 22.8 Å². The van der Waals surface area contributed by atoms with Crippen LogP contribution >= 0.6 is 11.6 Å². The summed E-state index contributed by atoms with van der Waals surface area (Å²) in [5.41, 5.74) is -0.877. The van der Waals surface area contributed by atoms with Gasteiger partial charge < -0.3 is 4.52 Å². The van der Waals surface area contributed by atoms with E-state index in [9.17, 15) is 26.4 Å². The third kappa shape index (κ3) is 4.52. The minimum absolute atomic E-state index is 0.146. The Hall–Kier alpha value is -3.70. The van der Waals surface area contributed by atoms with E-state index in [4.69, 9.17) is 16.1 Å². The first kappa shape index (κ1) is 23.5. The highest BCUT2D eigenvalue weighted by Gasteiger charge is 2.31. The maximum atomic E-state index is 15.0. The van der Waals surface area contributed by atoms with Gasteiger partial charge in [-0.15, -0.1) is 0 Å². The zero-order chi connectivity index (χ0) is 24.5. The molecule has 0 saturated carbocycles. The molecule has 0 radical (unpaired) electrons. The van der Waals surface area contributed by atoms with Gasteiger partial charge in [0.1, 0.15) is 28.6 Å². The molecule has 0 unspecified atom stereocenters. The number of rotatable bonds is 6. The molecule has 2 heterocycles. The van der Waals surface area contributed by atoms with Gasteiger partial charge >= 0.3 is 0 Å². The monoisotopic (exact) mass is 507 g/mol. The van der Waals surface area contributed by atoms with Gasteiger partial charge in [0.2, 0.25) is 9.84 Å². The molecule has 0 saturated heterocycles. The summed E-state index contributed by atoms with van der Waals surface area (Å²) in [7, 11) is -4.58. The van der Waals surface area contributed by atoms with Gasteiger partial charge in [0.15, 0.2) is 5.82 Å². The Morgan fingerprint density at radius 2 is 1.71 bits per heavy atom. The van der Waals surface area contributed by atoms with Crippen LogP contribution in [-0.4, -0.2) is 24.5 Å². The average molecular weight is 508 g/mol. The van der Waals surface area contributed by atoms with Crippen LogP contribution in [0, 0.1) is 17.5 Å². The largest absolute Gasteiger partial charge is 0.363 e. The van der Waals surface area contributed by atoms with Gasteiger partial charge in [-0.25, -0.2) is 21.6 Å². The predicted molar refractivity (Wildman–Crippen MR) is 114 cm³/mol. The lowest BCUT2D eigenvalue weighted by Crippen LogP contribution is -2.32. The zero-order valence-electron chi connectivity index (χ0n) is 17.0. The first-order valence-electron chi connectivity index (χ1n) is 9.49. The molecular weight excluding hydrogens is 495 g/mol. The van der Waals surface area contributed by atoms with Crippen LogP contribution in [0.15, 0.2) is 81.5 Å². The number of amides is 1. The van der Waals surface area contributed by atoms with Crippen LogP contribution in [0.25, 0.3) is 0 Å². The molecule has 12 heteroatoms. The zero-order valence-corrected chi connectivity index (χ0v) is 18.5. The highest BCUT2D eigenvalue weighted by Crippen LogP contribution is 2.31. The number of pyridine rings is 1. The highest BCUT2D eigenvalue weighted by molar-refractivity contribution is 7.91. The minimum atomic E-state index is -4.58. The van der Waals surface area contributed by atoms with Gasteiger partial charge in [0.05, 0.1) is 23.2 Å². The van der Waals surface area contributed by atoms with E-state index in [0.717, 1.165) is 47.8 Å². The predicted octanol–water partition coefficient (Wildman–Crippen LogP) is 4.82. The first-order chi connectivity index (χ1) is 16.2. The molecule has 0 atom stereocenters. The standard InChI is InChI=1S/C22H13ClF3N3O4S/c23-14-1-3-16(4-2-14)34(31,32)21-17(18(25)5-6-19(21)26)12-29(20-7-8-33-28-20)22(30)13-9-15(24)11-27-10-13/h1-11H,12H2. The Labute approximate surface area is 196 Å². The van der Waals surface area contributed by atoms with Crippen molar-refractivity contribution < 1.29 is 30.9 Å². The van der Waals surface area contributed by atoms with Gasteiger partial charge in [-0.1, -0.05) is 16.8 Å². The van der Waals surface area contributed by atoms with E-state index in [1.54, 1.807) is 0 Å². The van der Waals surface area contributed by atoms with E-state index >= 15 is 0 Å².